The molecule has 0 heterocycles. The molecule has 0 radical (unpaired) electrons. The van der Waals surface area contributed by atoms with Gasteiger partial charge in [0.1, 0.15) is 0 Å². The lowest BCUT2D eigenvalue weighted by atomic mass is 9.93. The van der Waals surface area contributed by atoms with Crippen LogP contribution in [0.4, 0.5) is 0 Å². The first-order valence-corrected chi connectivity index (χ1v) is 7.35. The predicted molar refractivity (Wildman–Crippen MR) is 87.1 cm³/mol. The van der Waals surface area contributed by atoms with E-state index in [4.69, 9.17) is 0 Å². The van der Waals surface area contributed by atoms with Gasteiger partial charge in [0.25, 0.3) is 0 Å². The van der Waals surface area contributed by atoms with Gasteiger partial charge in [-0.15, -0.1) is 0 Å². The van der Waals surface area contributed by atoms with Crippen molar-refractivity contribution in [3.8, 4) is 0 Å². The van der Waals surface area contributed by atoms with Crippen molar-refractivity contribution in [1.29, 1.82) is 0 Å². The third-order valence-electron chi connectivity index (χ3n) is 4.05. The third-order valence-corrected chi connectivity index (χ3v) is 4.05. The molecule has 1 unspecified atom stereocenters. The quantitative estimate of drug-likeness (QED) is 0.574. The molecule has 0 N–H and O–H groups in total. The second-order valence-corrected chi connectivity index (χ2v) is 5.53. The summed E-state index contributed by atoms with van der Waals surface area (Å²) in [6.07, 6.45) is 2.34. The summed E-state index contributed by atoms with van der Waals surface area (Å²) in [5, 5.41) is 2.67. The molecule has 0 aliphatic rings. The molecule has 0 fully saturated rings. The summed E-state index contributed by atoms with van der Waals surface area (Å²) in [4.78, 5) is 0. The maximum atomic E-state index is 2.33. The molecule has 20 heavy (non-hydrogen) atoms. The number of hydrogen-bond donors (Lipinski definition) is 0. The first-order valence-electron chi connectivity index (χ1n) is 7.35. The van der Waals surface area contributed by atoms with E-state index in [1.807, 2.05) is 0 Å². The molecule has 0 nitrogen and oxygen atoms in total. The van der Waals surface area contributed by atoms with Gasteiger partial charge in [0, 0.05) is 0 Å². The molecular formula is C20H20. The predicted octanol–water partition coefficient (Wildman–Crippen LogP) is 5.58. The van der Waals surface area contributed by atoms with Gasteiger partial charge >= 0.3 is 0 Å². The van der Waals surface area contributed by atoms with E-state index in [1.165, 1.54) is 28.3 Å². The van der Waals surface area contributed by atoms with Crippen molar-refractivity contribution in [3.63, 3.8) is 0 Å². The van der Waals surface area contributed by atoms with Gasteiger partial charge in [-0.3, -0.25) is 0 Å². The van der Waals surface area contributed by atoms with Crippen LogP contribution < -0.4 is 0 Å². The molecule has 1 atom stereocenters. The van der Waals surface area contributed by atoms with Crippen molar-refractivity contribution in [2.75, 3.05) is 0 Å². The monoisotopic (exact) mass is 260 g/mol. The molecule has 0 spiro atoms. The topological polar surface area (TPSA) is 0 Å². The van der Waals surface area contributed by atoms with Crippen LogP contribution in [0, 0.1) is 0 Å². The molecule has 0 bridgehead atoms. The lowest BCUT2D eigenvalue weighted by molar-refractivity contribution is 0.680. The van der Waals surface area contributed by atoms with E-state index >= 15 is 0 Å². The van der Waals surface area contributed by atoms with E-state index in [0.29, 0.717) is 5.92 Å². The summed E-state index contributed by atoms with van der Waals surface area (Å²) >= 11 is 0. The molecule has 3 rings (SSSR count). The zero-order valence-electron chi connectivity index (χ0n) is 11.9. The Balaban J connectivity index is 1.70. The first-order chi connectivity index (χ1) is 9.83. The SMILES string of the molecule is CC(CCc1ccc2ccccc2c1)c1ccccc1. The highest BCUT2D eigenvalue weighted by atomic mass is 14.1. The van der Waals surface area contributed by atoms with Crippen LogP contribution >= 0.6 is 0 Å². The number of aryl methyl sites for hydroxylation is 1. The number of hydrogen-bond acceptors (Lipinski definition) is 0. The lowest BCUT2D eigenvalue weighted by Crippen LogP contribution is -1.96. The Morgan fingerprint density at radius 2 is 1.45 bits per heavy atom. The van der Waals surface area contributed by atoms with Crippen LogP contribution in [-0.4, -0.2) is 0 Å². The summed E-state index contributed by atoms with van der Waals surface area (Å²) < 4.78 is 0. The molecule has 0 aromatic heterocycles. The average molecular weight is 260 g/mol. The second kappa shape index (κ2) is 5.92. The maximum Gasteiger partial charge on any atom is -0.0181 e. The summed E-state index contributed by atoms with van der Waals surface area (Å²) in [5.74, 6) is 0.614. The average Bonchev–Trinajstić information content (AvgIpc) is 2.53. The van der Waals surface area contributed by atoms with Crippen LogP contribution in [0.2, 0.25) is 0 Å². The highest BCUT2D eigenvalue weighted by molar-refractivity contribution is 5.82. The van der Waals surface area contributed by atoms with Crippen LogP contribution in [0.3, 0.4) is 0 Å². The normalized spacial score (nSPS) is 12.4. The van der Waals surface area contributed by atoms with Crippen LogP contribution in [0.15, 0.2) is 72.8 Å². The van der Waals surface area contributed by atoms with Crippen molar-refractivity contribution in [2.45, 2.75) is 25.7 Å². The summed E-state index contributed by atoms with van der Waals surface area (Å²) in [6.45, 7) is 2.32. The molecule has 0 saturated heterocycles. The van der Waals surface area contributed by atoms with Crippen LogP contribution in [-0.2, 0) is 6.42 Å². The largest absolute Gasteiger partial charge is 0.0622 e. The molecule has 0 aliphatic heterocycles. The summed E-state index contributed by atoms with van der Waals surface area (Å²) in [7, 11) is 0. The van der Waals surface area contributed by atoms with Gasteiger partial charge in [-0.2, -0.15) is 0 Å². The van der Waals surface area contributed by atoms with Crippen molar-refractivity contribution in [3.05, 3.63) is 83.9 Å². The van der Waals surface area contributed by atoms with Gasteiger partial charge in [0.05, 0.1) is 0 Å². The standard InChI is InChI=1S/C20H20/c1-16(18-7-3-2-4-8-18)11-12-17-13-14-19-9-5-6-10-20(19)15-17/h2-10,13-16H,11-12H2,1H3. The van der Waals surface area contributed by atoms with Crippen LogP contribution in [0.5, 0.6) is 0 Å². The van der Waals surface area contributed by atoms with Gasteiger partial charge in [0.2, 0.25) is 0 Å². The Bertz CT molecular complexity index is 682. The molecular weight excluding hydrogens is 240 g/mol. The smallest absolute Gasteiger partial charge is 0.0181 e. The summed E-state index contributed by atoms with van der Waals surface area (Å²) in [5.41, 5.74) is 2.87. The Morgan fingerprint density at radius 3 is 2.25 bits per heavy atom. The highest BCUT2D eigenvalue weighted by Gasteiger charge is 2.05. The van der Waals surface area contributed by atoms with E-state index in [2.05, 4.69) is 79.7 Å². The zero-order valence-corrected chi connectivity index (χ0v) is 11.9. The minimum Gasteiger partial charge on any atom is -0.0622 e. The van der Waals surface area contributed by atoms with Gasteiger partial charge in [-0.25, -0.2) is 0 Å². The van der Waals surface area contributed by atoms with Gasteiger partial charge < -0.3 is 0 Å². The first kappa shape index (κ1) is 12.9. The van der Waals surface area contributed by atoms with Crippen molar-refractivity contribution in [2.24, 2.45) is 0 Å². The molecule has 0 saturated carbocycles. The Labute approximate surface area is 121 Å². The van der Waals surface area contributed by atoms with Crippen molar-refractivity contribution < 1.29 is 0 Å². The number of benzene rings is 3. The van der Waals surface area contributed by atoms with E-state index < -0.39 is 0 Å². The van der Waals surface area contributed by atoms with Gasteiger partial charge in [-0.1, -0.05) is 79.7 Å². The Kier molecular flexibility index (Phi) is 3.83. The molecule has 3 aromatic rings. The van der Waals surface area contributed by atoms with Crippen molar-refractivity contribution in [1.82, 2.24) is 0 Å². The molecule has 100 valence electrons. The van der Waals surface area contributed by atoms with Crippen LogP contribution in [0.1, 0.15) is 30.4 Å². The molecule has 3 aromatic carbocycles. The zero-order chi connectivity index (χ0) is 13.8. The van der Waals surface area contributed by atoms with E-state index in [1.54, 1.807) is 0 Å². The van der Waals surface area contributed by atoms with Gasteiger partial charge in [-0.05, 0) is 40.7 Å². The lowest BCUT2D eigenvalue weighted by Gasteiger charge is -2.12. The fourth-order valence-electron chi connectivity index (χ4n) is 2.73. The second-order valence-electron chi connectivity index (χ2n) is 5.53. The minimum atomic E-state index is 0.614. The van der Waals surface area contributed by atoms with E-state index in [9.17, 15) is 0 Å². The Hall–Kier alpha value is -2.08. The van der Waals surface area contributed by atoms with Gasteiger partial charge in [0.15, 0.2) is 0 Å². The fraction of sp³-hybridized carbons (Fsp3) is 0.200. The minimum absolute atomic E-state index is 0.614. The Morgan fingerprint density at radius 1 is 0.750 bits per heavy atom. The molecule has 0 aliphatic carbocycles. The van der Waals surface area contributed by atoms with E-state index in [-0.39, 0.29) is 0 Å². The van der Waals surface area contributed by atoms with E-state index in [0.717, 1.165) is 6.42 Å². The fourth-order valence-corrected chi connectivity index (χ4v) is 2.73. The third kappa shape index (κ3) is 2.91. The van der Waals surface area contributed by atoms with Crippen LogP contribution in [0.25, 0.3) is 10.8 Å². The number of fused-ring (bicyclic) bond motifs is 1. The summed E-state index contributed by atoms with van der Waals surface area (Å²) in [6, 6.07) is 26.2. The molecule has 0 amide bonds. The highest BCUT2D eigenvalue weighted by Crippen LogP contribution is 2.22. The number of rotatable bonds is 4. The molecule has 0 heteroatoms. The maximum absolute atomic E-state index is 2.33. The van der Waals surface area contributed by atoms with Crippen molar-refractivity contribution >= 4 is 10.8 Å².